The molecule has 0 radical (unpaired) electrons. The van der Waals surface area contributed by atoms with Crippen LogP contribution >= 0.6 is 0 Å². The van der Waals surface area contributed by atoms with Crippen LogP contribution in [0.2, 0.25) is 0 Å². The van der Waals surface area contributed by atoms with E-state index in [0.29, 0.717) is 0 Å². The standard InChI is InChI=1S/C55H35N9.Pt/c1-35-9-22-62-52(25-35)54(48-12-18-58-30-42(48)43-31-59-19-13-49(43)54)38-7-3-5-36(26-38)53(46-10-16-56-28-40(46)41-29-57-17-11-47(41)53)37-6-4-8-39(27-37)55(64-24-23-63(2)34-64)50-14-20-60-32-44(50)45-33-61-21-15-51(45)55;/h3-25,28-33H,1-2H3;/q-2;. The van der Waals surface area contributed by atoms with Crippen LogP contribution in [0.4, 0.5) is 0 Å². The summed E-state index contributed by atoms with van der Waals surface area (Å²) in [5, 5.41) is 0. The zero-order valence-electron chi connectivity index (χ0n) is 35.1. The molecule has 2 aromatic carbocycles. The summed E-state index contributed by atoms with van der Waals surface area (Å²) in [5.74, 6) is 0. The molecule has 312 valence electrons. The van der Waals surface area contributed by atoms with E-state index >= 15 is 0 Å². The summed E-state index contributed by atoms with van der Waals surface area (Å²) in [7, 11) is 2.00. The fourth-order valence-corrected chi connectivity index (χ4v) is 11.3. The number of pyridine rings is 7. The fraction of sp³-hybridized carbons (Fsp3) is 0.0909. The Morgan fingerprint density at radius 1 is 0.477 bits per heavy atom. The number of imidazole rings is 1. The van der Waals surface area contributed by atoms with Crippen LogP contribution in [-0.2, 0) is 44.5 Å². The zero-order chi connectivity index (χ0) is 42.6. The van der Waals surface area contributed by atoms with Gasteiger partial charge in [-0.05, 0) is 95.7 Å². The molecule has 0 saturated carbocycles. The molecule has 0 amide bonds. The predicted octanol–water partition coefficient (Wildman–Crippen LogP) is 8.33. The van der Waals surface area contributed by atoms with E-state index in [-0.39, 0.29) is 21.1 Å². The Hall–Kier alpha value is -7.61. The van der Waals surface area contributed by atoms with Crippen molar-refractivity contribution < 1.29 is 25.6 Å². The number of hydrogen-bond acceptors (Lipinski definition) is 7. The van der Waals surface area contributed by atoms with Gasteiger partial charge in [0.05, 0.1) is 18.2 Å². The number of aromatic nitrogens is 9. The van der Waals surface area contributed by atoms with Gasteiger partial charge in [-0.25, -0.2) is 0 Å². The van der Waals surface area contributed by atoms with E-state index in [4.69, 9.17) is 15.0 Å². The number of hydrogen-bond donors (Lipinski definition) is 0. The predicted molar refractivity (Wildman–Crippen MR) is 240 cm³/mol. The van der Waals surface area contributed by atoms with Crippen molar-refractivity contribution in [1.29, 1.82) is 0 Å². The summed E-state index contributed by atoms with van der Waals surface area (Å²) in [4.78, 5) is 33.0. The minimum absolute atomic E-state index is 0. The summed E-state index contributed by atoms with van der Waals surface area (Å²) >= 11 is 0. The number of rotatable bonds is 6. The summed E-state index contributed by atoms with van der Waals surface area (Å²) in [6, 6.07) is 38.5. The molecule has 0 atom stereocenters. The monoisotopic (exact) mass is 1020 g/mol. The molecule has 8 heterocycles. The van der Waals surface area contributed by atoms with E-state index in [1.165, 1.54) is 0 Å². The molecule has 13 rings (SSSR count). The molecule has 10 heteroatoms. The minimum Gasteiger partial charge on any atom is -0.354 e. The van der Waals surface area contributed by atoms with Crippen molar-refractivity contribution in [2.75, 3.05) is 0 Å². The number of nitrogens with zero attached hydrogens (tertiary/aromatic N) is 9. The van der Waals surface area contributed by atoms with Gasteiger partial charge in [0.15, 0.2) is 0 Å². The second-order valence-corrected chi connectivity index (χ2v) is 16.8. The van der Waals surface area contributed by atoms with Gasteiger partial charge in [0.2, 0.25) is 6.33 Å². The average Bonchev–Trinajstić information content (AvgIpc) is 4.09. The van der Waals surface area contributed by atoms with Crippen LogP contribution in [0.5, 0.6) is 0 Å². The fourth-order valence-electron chi connectivity index (χ4n) is 11.3. The second-order valence-electron chi connectivity index (χ2n) is 16.8. The third-order valence-electron chi connectivity index (χ3n) is 13.8. The van der Waals surface area contributed by atoms with E-state index < -0.39 is 16.4 Å². The molecule has 0 fully saturated rings. The molecular formula is C55H35N9Pt-2. The van der Waals surface area contributed by atoms with Crippen LogP contribution in [-0.4, -0.2) is 39.5 Å². The third kappa shape index (κ3) is 5.07. The first-order valence-corrected chi connectivity index (χ1v) is 21.2. The molecule has 3 aliphatic rings. The van der Waals surface area contributed by atoms with Crippen LogP contribution in [0.3, 0.4) is 0 Å². The van der Waals surface area contributed by atoms with Gasteiger partial charge in [0, 0.05) is 152 Å². The zero-order valence-corrected chi connectivity index (χ0v) is 37.4. The molecular weight excluding hydrogens is 982 g/mol. The molecule has 65 heavy (non-hydrogen) atoms. The van der Waals surface area contributed by atoms with Gasteiger partial charge in [-0.15, -0.1) is 22.3 Å². The topological polar surface area (TPSA) is 99.0 Å². The first kappa shape index (κ1) is 39.0. The van der Waals surface area contributed by atoms with Crippen molar-refractivity contribution >= 4 is 0 Å². The van der Waals surface area contributed by atoms with Gasteiger partial charge in [0.1, 0.15) is 5.54 Å². The molecule has 0 N–H and O–H groups in total. The number of benzene rings is 2. The van der Waals surface area contributed by atoms with Crippen molar-refractivity contribution in [3.63, 3.8) is 0 Å². The Labute approximate surface area is 390 Å². The molecule has 0 bridgehead atoms. The molecule has 0 saturated heterocycles. The van der Waals surface area contributed by atoms with E-state index in [0.717, 1.165) is 100 Å². The molecule has 8 aromatic heterocycles. The summed E-state index contributed by atoms with van der Waals surface area (Å²) < 4.78 is 4.13. The van der Waals surface area contributed by atoms with Crippen molar-refractivity contribution in [2.24, 2.45) is 7.05 Å². The number of fused-ring (bicyclic) bond motifs is 9. The second kappa shape index (κ2) is 14.5. The number of aryl methyl sites for hydroxylation is 2. The molecule has 3 aliphatic carbocycles. The van der Waals surface area contributed by atoms with Crippen LogP contribution < -0.4 is 4.57 Å². The van der Waals surface area contributed by atoms with Crippen LogP contribution in [0, 0.1) is 25.4 Å². The van der Waals surface area contributed by atoms with E-state index in [1.807, 2.05) is 104 Å². The summed E-state index contributed by atoms with van der Waals surface area (Å²) in [6.07, 6.45) is 32.6. The Balaban J connectivity index is 0.00000444. The van der Waals surface area contributed by atoms with Crippen molar-refractivity contribution in [3.05, 3.63) is 263 Å². The molecule has 9 nitrogen and oxygen atoms in total. The molecule has 10 aromatic rings. The van der Waals surface area contributed by atoms with Gasteiger partial charge in [-0.2, -0.15) is 48.5 Å². The van der Waals surface area contributed by atoms with Crippen LogP contribution in [0.15, 0.2) is 178 Å². The van der Waals surface area contributed by atoms with Gasteiger partial charge >= 0.3 is 0 Å². The van der Waals surface area contributed by atoms with Crippen molar-refractivity contribution in [2.45, 2.75) is 23.3 Å². The normalized spacial score (nSPS) is 14.9. The SMILES string of the molecule is Cc1ccnc(C2(c3[c-]c(C4(c5[c-]c(C6(n7[c-][n+](C)cc7)c7ccncc7-c7cnccc76)ccc5)c5ccncc5-c5cnccc54)ccc3)c3ccncc3-c3cnccc32)c1.[Pt]. The average molecular weight is 1020 g/mol. The minimum atomic E-state index is -0.919. The van der Waals surface area contributed by atoms with Crippen LogP contribution in [0.1, 0.15) is 66.9 Å². The molecule has 0 unspecified atom stereocenters. The maximum absolute atomic E-state index is 5.17. The van der Waals surface area contributed by atoms with Gasteiger partial charge < -0.3 is 9.13 Å². The quantitative estimate of drug-likeness (QED) is 0.122. The maximum atomic E-state index is 5.17. The Morgan fingerprint density at radius 3 is 1.32 bits per heavy atom. The van der Waals surface area contributed by atoms with Crippen LogP contribution in [0.25, 0.3) is 33.4 Å². The first-order chi connectivity index (χ1) is 31.5. The molecule has 0 spiro atoms. The Bertz CT molecular complexity index is 3410. The van der Waals surface area contributed by atoms with Crippen molar-refractivity contribution in [3.8, 4) is 33.4 Å². The van der Waals surface area contributed by atoms with Crippen molar-refractivity contribution in [1.82, 2.24) is 39.5 Å². The van der Waals surface area contributed by atoms with Gasteiger partial charge in [-0.1, -0.05) is 0 Å². The summed E-state index contributed by atoms with van der Waals surface area (Å²) in [5.41, 5.74) is 15.8. The van der Waals surface area contributed by atoms with Gasteiger partial charge in [-0.3, -0.25) is 34.9 Å². The van der Waals surface area contributed by atoms with Gasteiger partial charge in [0.25, 0.3) is 0 Å². The van der Waals surface area contributed by atoms with E-state index in [2.05, 4.69) is 135 Å². The van der Waals surface area contributed by atoms with E-state index in [9.17, 15) is 0 Å². The Kier molecular flexibility index (Phi) is 8.68. The summed E-state index contributed by atoms with van der Waals surface area (Å²) in [6.45, 7) is 2.12. The maximum Gasteiger partial charge on any atom is 0.204 e. The Morgan fingerprint density at radius 2 is 0.877 bits per heavy atom. The third-order valence-corrected chi connectivity index (χ3v) is 13.8. The first-order valence-electron chi connectivity index (χ1n) is 21.2. The van der Waals surface area contributed by atoms with E-state index in [1.54, 1.807) is 0 Å². The largest absolute Gasteiger partial charge is 0.354 e. The smallest absolute Gasteiger partial charge is 0.204 e. The molecule has 0 aliphatic heterocycles.